The minimum Gasteiger partial charge on any atom is -0.378 e. The van der Waals surface area contributed by atoms with E-state index in [0.29, 0.717) is 6.54 Å². The van der Waals surface area contributed by atoms with Crippen molar-refractivity contribution in [3.05, 3.63) is 114 Å². The molecular formula is C23H20N2O. The molecule has 1 heterocycles. The third-order valence-corrected chi connectivity index (χ3v) is 4.60. The van der Waals surface area contributed by atoms with Gasteiger partial charge in [-0.2, -0.15) is 5.10 Å². The highest BCUT2D eigenvalue weighted by Crippen LogP contribution is 2.31. The van der Waals surface area contributed by atoms with Gasteiger partial charge in [-0.1, -0.05) is 91.0 Å². The summed E-state index contributed by atoms with van der Waals surface area (Å²) in [4.78, 5) is 0. The molecule has 0 unspecified atom stereocenters. The van der Waals surface area contributed by atoms with E-state index in [2.05, 4.69) is 5.10 Å². The van der Waals surface area contributed by atoms with Crippen molar-refractivity contribution in [3.63, 3.8) is 0 Å². The monoisotopic (exact) mass is 340 g/mol. The van der Waals surface area contributed by atoms with E-state index >= 15 is 0 Å². The molecule has 4 rings (SSSR count). The zero-order valence-electron chi connectivity index (χ0n) is 14.4. The molecule has 3 heteroatoms. The van der Waals surface area contributed by atoms with Crippen LogP contribution in [0.15, 0.2) is 103 Å². The molecule has 0 atom stereocenters. The Morgan fingerprint density at radius 2 is 1.19 bits per heavy atom. The fraction of sp³-hybridized carbons (Fsp3) is 0.0870. The first kappa shape index (κ1) is 16.3. The van der Waals surface area contributed by atoms with E-state index in [1.54, 1.807) is 0 Å². The lowest BCUT2D eigenvalue weighted by molar-refractivity contribution is 0.0574. The van der Waals surface area contributed by atoms with Crippen LogP contribution in [0.4, 0.5) is 0 Å². The largest absolute Gasteiger partial charge is 0.378 e. The van der Waals surface area contributed by atoms with Gasteiger partial charge < -0.3 is 5.11 Å². The van der Waals surface area contributed by atoms with Crippen LogP contribution in [0, 0.1) is 0 Å². The van der Waals surface area contributed by atoms with E-state index in [4.69, 9.17) is 0 Å². The smallest absolute Gasteiger partial charge is 0.134 e. The van der Waals surface area contributed by atoms with Gasteiger partial charge in [0, 0.05) is 11.8 Å². The summed E-state index contributed by atoms with van der Waals surface area (Å²) in [7, 11) is 0. The molecule has 4 aromatic rings. The van der Waals surface area contributed by atoms with Crippen LogP contribution < -0.4 is 0 Å². The lowest BCUT2D eigenvalue weighted by atomic mass is 9.86. The van der Waals surface area contributed by atoms with Gasteiger partial charge in [-0.25, -0.2) is 0 Å². The van der Waals surface area contributed by atoms with E-state index < -0.39 is 5.60 Å². The third kappa shape index (κ3) is 3.17. The highest BCUT2D eigenvalue weighted by molar-refractivity contribution is 5.58. The summed E-state index contributed by atoms with van der Waals surface area (Å²) >= 11 is 0. The van der Waals surface area contributed by atoms with Crippen molar-refractivity contribution < 1.29 is 5.11 Å². The SMILES string of the molecule is OC(Cn1ccc(-c2ccccc2)n1)(c1ccccc1)c1ccccc1. The minimum absolute atomic E-state index is 0.341. The first-order valence-electron chi connectivity index (χ1n) is 8.68. The molecule has 128 valence electrons. The van der Waals surface area contributed by atoms with Gasteiger partial charge >= 0.3 is 0 Å². The molecule has 0 saturated heterocycles. The van der Waals surface area contributed by atoms with Crippen molar-refractivity contribution in [2.45, 2.75) is 12.1 Å². The second kappa shape index (κ2) is 6.98. The molecule has 0 aliphatic carbocycles. The summed E-state index contributed by atoms with van der Waals surface area (Å²) in [5.41, 5.74) is 2.51. The molecule has 0 fully saturated rings. The molecule has 0 saturated carbocycles. The number of nitrogens with zero attached hydrogens (tertiary/aromatic N) is 2. The molecule has 0 spiro atoms. The van der Waals surface area contributed by atoms with Gasteiger partial charge in [0.05, 0.1) is 12.2 Å². The summed E-state index contributed by atoms with van der Waals surface area (Å²) in [5, 5.41) is 16.3. The van der Waals surface area contributed by atoms with Crippen LogP contribution in [0.3, 0.4) is 0 Å². The molecule has 0 bridgehead atoms. The minimum atomic E-state index is -1.15. The van der Waals surface area contributed by atoms with Crippen LogP contribution in [0.2, 0.25) is 0 Å². The van der Waals surface area contributed by atoms with Crippen molar-refractivity contribution in [1.29, 1.82) is 0 Å². The lowest BCUT2D eigenvalue weighted by Gasteiger charge is -2.29. The van der Waals surface area contributed by atoms with E-state index in [9.17, 15) is 5.11 Å². The molecule has 0 aliphatic heterocycles. The maximum absolute atomic E-state index is 11.6. The van der Waals surface area contributed by atoms with Crippen molar-refractivity contribution in [2.75, 3.05) is 0 Å². The summed E-state index contributed by atoms with van der Waals surface area (Å²) in [6.07, 6.45) is 1.92. The standard InChI is InChI=1S/C23H20N2O/c26-23(20-12-6-2-7-13-20,21-14-8-3-9-15-21)18-25-17-16-22(24-25)19-10-4-1-5-11-19/h1-17,26H,18H2. The lowest BCUT2D eigenvalue weighted by Crippen LogP contribution is -2.33. The number of aromatic nitrogens is 2. The molecule has 3 nitrogen and oxygen atoms in total. The van der Waals surface area contributed by atoms with Crippen LogP contribution >= 0.6 is 0 Å². The second-order valence-electron chi connectivity index (χ2n) is 6.36. The van der Waals surface area contributed by atoms with E-state index in [-0.39, 0.29) is 0 Å². The molecule has 1 aromatic heterocycles. The predicted octanol–water partition coefficient (Wildman–Crippen LogP) is 4.49. The van der Waals surface area contributed by atoms with Crippen LogP contribution in [0.1, 0.15) is 11.1 Å². The quantitative estimate of drug-likeness (QED) is 0.581. The van der Waals surface area contributed by atoms with Crippen molar-refractivity contribution in [3.8, 4) is 11.3 Å². The Morgan fingerprint density at radius 1 is 0.692 bits per heavy atom. The van der Waals surface area contributed by atoms with Gasteiger partial charge in [-0.15, -0.1) is 0 Å². The Labute approximate surface area is 153 Å². The van der Waals surface area contributed by atoms with Crippen LogP contribution in [-0.2, 0) is 12.1 Å². The Kier molecular flexibility index (Phi) is 4.38. The summed E-state index contributed by atoms with van der Waals surface area (Å²) in [6.45, 7) is 0.341. The highest BCUT2D eigenvalue weighted by atomic mass is 16.3. The van der Waals surface area contributed by atoms with Crippen LogP contribution in [-0.4, -0.2) is 14.9 Å². The van der Waals surface area contributed by atoms with Gasteiger partial charge in [0.2, 0.25) is 0 Å². The molecular weight excluding hydrogens is 320 g/mol. The number of hydrogen-bond acceptors (Lipinski definition) is 2. The summed E-state index contributed by atoms with van der Waals surface area (Å²) < 4.78 is 1.81. The Hall–Kier alpha value is -3.17. The number of hydrogen-bond donors (Lipinski definition) is 1. The summed E-state index contributed by atoms with van der Waals surface area (Å²) in [6, 6.07) is 31.5. The molecule has 0 aliphatic rings. The number of aliphatic hydroxyl groups is 1. The molecule has 3 aromatic carbocycles. The van der Waals surface area contributed by atoms with Gasteiger partial charge in [0.1, 0.15) is 5.60 Å². The van der Waals surface area contributed by atoms with Crippen molar-refractivity contribution in [2.24, 2.45) is 0 Å². The van der Waals surface area contributed by atoms with Crippen molar-refractivity contribution >= 4 is 0 Å². The van der Waals surface area contributed by atoms with Crippen LogP contribution in [0.5, 0.6) is 0 Å². The Morgan fingerprint density at radius 3 is 1.73 bits per heavy atom. The van der Waals surface area contributed by atoms with Gasteiger partial charge in [0.15, 0.2) is 0 Å². The molecule has 26 heavy (non-hydrogen) atoms. The van der Waals surface area contributed by atoms with E-state index in [0.717, 1.165) is 22.4 Å². The number of benzene rings is 3. The Balaban J connectivity index is 1.72. The Bertz CT molecular complexity index is 923. The van der Waals surface area contributed by atoms with Gasteiger partial charge in [-0.3, -0.25) is 4.68 Å². The fourth-order valence-electron chi connectivity index (χ4n) is 3.22. The second-order valence-corrected chi connectivity index (χ2v) is 6.36. The summed E-state index contributed by atoms with van der Waals surface area (Å²) in [5.74, 6) is 0. The zero-order valence-corrected chi connectivity index (χ0v) is 14.4. The highest BCUT2D eigenvalue weighted by Gasteiger charge is 2.32. The number of rotatable bonds is 5. The zero-order chi connectivity index (χ0) is 17.8. The first-order chi connectivity index (χ1) is 12.8. The molecule has 0 radical (unpaired) electrons. The molecule has 1 N–H and O–H groups in total. The van der Waals surface area contributed by atoms with Gasteiger partial charge in [-0.05, 0) is 17.2 Å². The molecule has 0 amide bonds. The van der Waals surface area contributed by atoms with Gasteiger partial charge in [0.25, 0.3) is 0 Å². The average molecular weight is 340 g/mol. The fourth-order valence-corrected chi connectivity index (χ4v) is 3.22. The maximum Gasteiger partial charge on any atom is 0.134 e. The van der Waals surface area contributed by atoms with Crippen molar-refractivity contribution in [1.82, 2.24) is 9.78 Å². The van der Waals surface area contributed by atoms with Crippen LogP contribution in [0.25, 0.3) is 11.3 Å². The van der Waals surface area contributed by atoms with E-state index in [1.165, 1.54) is 0 Å². The average Bonchev–Trinajstić information content (AvgIpc) is 3.18. The topological polar surface area (TPSA) is 38.0 Å². The maximum atomic E-state index is 11.6. The predicted molar refractivity (Wildman–Crippen MR) is 104 cm³/mol. The first-order valence-corrected chi connectivity index (χ1v) is 8.68. The third-order valence-electron chi connectivity index (χ3n) is 4.60. The van der Waals surface area contributed by atoms with E-state index in [1.807, 2.05) is 108 Å². The normalized spacial score (nSPS) is 11.4.